The molecule has 0 aliphatic rings. The van der Waals surface area contributed by atoms with Gasteiger partial charge in [-0.05, 0) is 0 Å². The number of rotatable bonds is 4. The van der Waals surface area contributed by atoms with Gasteiger partial charge in [0.15, 0.2) is 7.98 Å². The number of aliphatic hydroxyl groups is 1. The Balaban J connectivity index is 3.34. The number of carbonyl (C=O) groups is 1. The Hall–Kier alpha value is -0.545. The molecule has 0 amide bonds. The number of esters is 1. The summed E-state index contributed by atoms with van der Waals surface area (Å²) in [6.45, 7) is 1.25. The monoisotopic (exact) mass is 143 g/mol. The second-order valence-corrected chi connectivity index (χ2v) is 1.85. The van der Waals surface area contributed by atoms with Gasteiger partial charge >= 0.3 is 5.97 Å². The molecule has 0 aromatic heterocycles. The zero-order valence-electron chi connectivity index (χ0n) is 5.83. The number of hydrogen-bond donors (Lipinski definition) is 2. The molecule has 0 rings (SSSR count). The van der Waals surface area contributed by atoms with E-state index in [1.165, 1.54) is 6.92 Å². The number of hydrogen-bond acceptors (Lipinski definition) is 4. The van der Waals surface area contributed by atoms with Crippen LogP contribution < -0.4 is 5.23 Å². The van der Waals surface area contributed by atoms with Crippen molar-refractivity contribution in [3.8, 4) is 0 Å². The molecule has 0 aliphatic carbocycles. The van der Waals surface area contributed by atoms with Crippen LogP contribution in [0.25, 0.3) is 0 Å². The van der Waals surface area contributed by atoms with Crippen molar-refractivity contribution in [3.05, 3.63) is 0 Å². The van der Waals surface area contributed by atoms with Crippen LogP contribution in [0.2, 0.25) is 0 Å². The van der Waals surface area contributed by atoms with Gasteiger partial charge in [0.1, 0.15) is 6.61 Å². The Labute approximate surface area is 61.0 Å². The molecule has 4 nitrogen and oxygen atoms in total. The minimum Gasteiger partial charge on any atom is -0.464 e. The average molecular weight is 143 g/mol. The molecule has 10 heavy (non-hydrogen) atoms. The fourth-order valence-corrected chi connectivity index (χ4v) is 0.371. The Morgan fingerprint density at radius 2 is 2.50 bits per heavy atom. The normalized spacial score (nSPS) is 12.6. The van der Waals surface area contributed by atoms with E-state index in [-0.39, 0.29) is 25.2 Å². The lowest BCUT2D eigenvalue weighted by molar-refractivity contribution is -0.141. The smallest absolute Gasteiger partial charge is 0.302 e. The van der Waals surface area contributed by atoms with Crippen LogP contribution in [0.5, 0.6) is 0 Å². The van der Waals surface area contributed by atoms with Gasteiger partial charge < -0.3 is 15.1 Å². The van der Waals surface area contributed by atoms with Gasteiger partial charge in [-0.2, -0.15) is 0 Å². The van der Waals surface area contributed by atoms with E-state index in [9.17, 15) is 4.79 Å². The summed E-state index contributed by atoms with van der Waals surface area (Å²) in [5, 5.41) is 10.8. The molecule has 0 saturated heterocycles. The van der Waals surface area contributed by atoms with Gasteiger partial charge in [0.2, 0.25) is 0 Å². The van der Waals surface area contributed by atoms with Crippen LogP contribution in [0.4, 0.5) is 0 Å². The maximum absolute atomic E-state index is 10.2. The molecular weight excluding hydrogens is 133 g/mol. The van der Waals surface area contributed by atoms with Crippen molar-refractivity contribution in [2.45, 2.75) is 13.0 Å². The second kappa shape index (κ2) is 5.26. The predicted molar refractivity (Wildman–Crippen MR) is 36.4 cm³/mol. The molecule has 0 aliphatic heterocycles. The van der Waals surface area contributed by atoms with Gasteiger partial charge in [-0.15, -0.1) is 0 Å². The average Bonchev–Trinajstić information content (AvgIpc) is 1.90. The summed E-state index contributed by atoms with van der Waals surface area (Å²) >= 11 is 0. The lowest BCUT2D eigenvalue weighted by atomic mass is 10.2. The topological polar surface area (TPSA) is 58.6 Å². The molecular formula is C5H10BNO3. The lowest BCUT2D eigenvalue weighted by Crippen LogP contribution is -2.35. The highest BCUT2D eigenvalue weighted by Crippen LogP contribution is 1.83. The largest absolute Gasteiger partial charge is 0.464 e. The van der Waals surface area contributed by atoms with Gasteiger partial charge in [0, 0.05) is 6.92 Å². The Morgan fingerprint density at radius 3 is 2.80 bits per heavy atom. The summed E-state index contributed by atoms with van der Waals surface area (Å²) < 4.78 is 4.54. The van der Waals surface area contributed by atoms with Crippen molar-refractivity contribution in [1.29, 1.82) is 0 Å². The van der Waals surface area contributed by atoms with E-state index in [2.05, 4.69) is 9.96 Å². The van der Waals surface area contributed by atoms with Gasteiger partial charge in [-0.1, -0.05) is 0 Å². The number of ether oxygens (including phenoxy) is 1. The van der Waals surface area contributed by atoms with Crippen molar-refractivity contribution < 1.29 is 14.6 Å². The molecule has 0 aromatic rings. The van der Waals surface area contributed by atoms with Gasteiger partial charge in [-0.25, -0.2) is 0 Å². The molecule has 0 saturated carbocycles. The molecule has 2 N–H and O–H groups in total. The van der Waals surface area contributed by atoms with Crippen LogP contribution in [0, 0.1) is 0 Å². The zero-order chi connectivity index (χ0) is 7.98. The van der Waals surface area contributed by atoms with E-state index in [0.29, 0.717) is 0 Å². The third-order valence-corrected chi connectivity index (χ3v) is 0.944. The quantitative estimate of drug-likeness (QED) is 0.374. The van der Waals surface area contributed by atoms with Crippen LogP contribution in [0.1, 0.15) is 6.92 Å². The molecule has 0 bridgehead atoms. The van der Waals surface area contributed by atoms with Crippen LogP contribution in [0.15, 0.2) is 0 Å². The van der Waals surface area contributed by atoms with Crippen molar-refractivity contribution in [2.75, 3.05) is 13.2 Å². The highest BCUT2D eigenvalue weighted by molar-refractivity contribution is 6.04. The van der Waals surface area contributed by atoms with E-state index in [1.54, 1.807) is 0 Å². The van der Waals surface area contributed by atoms with Crippen molar-refractivity contribution >= 4 is 14.0 Å². The highest BCUT2D eigenvalue weighted by atomic mass is 16.5. The van der Waals surface area contributed by atoms with Crippen molar-refractivity contribution in [2.24, 2.45) is 0 Å². The first-order chi connectivity index (χ1) is 4.70. The second-order valence-electron chi connectivity index (χ2n) is 1.85. The van der Waals surface area contributed by atoms with Gasteiger partial charge in [-0.3, -0.25) is 4.79 Å². The molecule has 5 heteroatoms. The Bertz CT molecular complexity index is 105. The first kappa shape index (κ1) is 9.45. The third-order valence-electron chi connectivity index (χ3n) is 0.944. The summed E-state index contributed by atoms with van der Waals surface area (Å²) in [4.78, 5) is 10.2. The van der Waals surface area contributed by atoms with E-state index in [0.717, 1.165) is 0 Å². The third kappa shape index (κ3) is 4.35. The minimum atomic E-state index is -0.381. The Morgan fingerprint density at radius 1 is 1.90 bits per heavy atom. The van der Waals surface area contributed by atoms with E-state index < -0.39 is 0 Å². The molecule has 0 fully saturated rings. The maximum atomic E-state index is 10.2. The summed E-state index contributed by atoms with van der Waals surface area (Å²) in [6.07, 6.45) is 0. The molecule has 56 valence electrons. The summed E-state index contributed by atoms with van der Waals surface area (Å²) in [7, 11) is 4.97. The van der Waals surface area contributed by atoms with E-state index in [1.807, 2.05) is 0 Å². The molecule has 0 heterocycles. The molecule has 1 atom stereocenters. The summed E-state index contributed by atoms with van der Waals surface area (Å²) in [5.41, 5.74) is 0. The number of aliphatic hydroxyl groups excluding tert-OH is 1. The highest BCUT2D eigenvalue weighted by Gasteiger charge is 2.04. The SMILES string of the molecule is [B]NC(CO)COC(C)=O. The Kier molecular flexibility index (Phi) is 4.97. The van der Waals surface area contributed by atoms with Gasteiger partial charge in [0.25, 0.3) is 0 Å². The zero-order valence-corrected chi connectivity index (χ0v) is 5.83. The molecule has 0 aromatic carbocycles. The lowest BCUT2D eigenvalue weighted by Gasteiger charge is -2.11. The van der Waals surface area contributed by atoms with Gasteiger partial charge in [0.05, 0.1) is 12.6 Å². The van der Waals surface area contributed by atoms with Crippen molar-refractivity contribution in [1.82, 2.24) is 5.23 Å². The van der Waals surface area contributed by atoms with Crippen LogP contribution >= 0.6 is 0 Å². The summed E-state index contributed by atoms with van der Waals surface area (Å²) in [5.74, 6) is -0.381. The van der Waals surface area contributed by atoms with Crippen LogP contribution in [-0.4, -0.2) is 38.3 Å². The van der Waals surface area contributed by atoms with Crippen LogP contribution in [-0.2, 0) is 9.53 Å². The minimum absolute atomic E-state index is 0.0995. The summed E-state index contributed by atoms with van der Waals surface area (Å²) in [6, 6.07) is -0.371. The van der Waals surface area contributed by atoms with Crippen LogP contribution in [0.3, 0.4) is 0 Å². The number of carbonyl (C=O) groups excluding carboxylic acids is 1. The standard InChI is InChI=1S/C5H10BNO3/c1-4(9)10-3-5(2-8)7-6/h5,7-8H,2-3H2,1H3. The first-order valence-electron chi connectivity index (χ1n) is 2.91. The fourth-order valence-electron chi connectivity index (χ4n) is 0.371. The van der Waals surface area contributed by atoms with Crippen molar-refractivity contribution in [3.63, 3.8) is 0 Å². The molecule has 1 unspecified atom stereocenters. The maximum Gasteiger partial charge on any atom is 0.302 e. The predicted octanol–water partition coefficient (Wildman–Crippen LogP) is -1.42. The molecule has 0 spiro atoms. The van der Waals surface area contributed by atoms with E-state index >= 15 is 0 Å². The molecule has 2 radical (unpaired) electrons. The number of nitrogens with one attached hydrogen (secondary N) is 1. The first-order valence-corrected chi connectivity index (χ1v) is 2.91. The fraction of sp³-hybridized carbons (Fsp3) is 0.800. The van der Waals surface area contributed by atoms with E-state index in [4.69, 9.17) is 13.1 Å².